The molecule has 0 aliphatic carbocycles. The van der Waals surface area contributed by atoms with Crippen molar-refractivity contribution in [2.24, 2.45) is 0 Å². The number of ether oxygens (including phenoxy) is 3. The fourth-order valence-corrected chi connectivity index (χ4v) is 2.77. The fraction of sp³-hybridized carbons (Fsp3) is 0.0833. The normalized spacial score (nSPS) is 10.8. The van der Waals surface area contributed by atoms with Gasteiger partial charge >= 0.3 is 5.97 Å². The van der Waals surface area contributed by atoms with Crippen molar-refractivity contribution in [3.63, 3.8) is 0 Å². The maximum Gasteiger partial charge on any atom is 0.349 e. The van der Waals surface area contributed by atoms with E-state index in [0.29, 0.717) is 22.1 Å². The highest BCUT2D eigenvalue weighted by Crippen LogP contribution is 2.30. The third-order valence-electron chi connectivity index (χ3n) is 4.10. The summed E-state index contributed by atoms with van der Waals surface area (Å²) < 4.78 is 16.1. The lowest BCUT2D eigenvalue weighted by atomic mass is 10.0. The summed E-state index contributed by atoms with van der Waals surface area (Å²) in [5.41, 5.74) is 1.93. The monoisotopic (exact) mass is 419 g/mol. The Balaban J connectivity index is 1.73. The molecule has 150 valence electrons. The first-order chi connectivity index (χ1) is 14.6. The molecule has 0 saturated heterocycles. The molecule has 0 unspecified atom stereocenters. The molecule has 0 aliphatic rings. The molecule has 3 rings (SSSR count). The maximum atomic E-state index is 12.1. The van der Waals surface area contributed by atoms with Gasteiger partial charge in [-0.3, -0.25) is 0 Å². The lowest BCUT2D eigenvalue weighted by Gasteiger charge is -2.11. The number of nitriles is 1. The quantitative estimate of drug-likeness (QED) is 0.222. The summed E-state index contributed by atoms with van der Waals surface area (Å²) in [7, 11) is 1.48. The van der Waals surface area contributed by atoms with Crippen molar-refractivity contribution in [2.45, 2.75) is 0 Å². The van der Waals surface area contributed by atoms with Crippen LogP contribution in [0.1, 0.15) is 11.1 Å². The lowest BCUT2D eigenvalue weighted by molar-refractivity contribution is -0.136. The predicted molar refractivity (Wildman–Crippen MR) is 116 cm³/mol. The number of hydrogen-bond donors (Lipinski definition) is 0. The molecular formula is C24H18ClNO4. The molecule has 0 amide bonds. The number of esters is 1. The summed E-state index contributed by atoms with van der Waals surface area (Å²) in [6, 6.07) is 23.2. The van der Waals surface area contributed by atoms with Gasteiger partial charge in [0, 0.05) is 5.02 Å². The van der Waals surface area contributed by atoms with Crippen LogP contribution in [0.2, 0.25) is 5.02 Å². The fourth-order valence-electron chi connectivity index (χ4n) is 2.65. The van der Waals surface area contributed by atoms with Gasteiger partial charge in [-0.25, -0.2) is 4.79 Å². The molecule has 0 N–H and O–H groups in total. The van der Waals surface area contributed by atoms with Crippen molar-refractivity contribution in [1.82, 2.24) is 0 Å². The molecule has 0 aromatic heterocycles. The smallest absolute Gasteiger partial charge is 0.349 e. The van der Waals surface area contributed by atoms with E-state index in [0.717, 1.165) is 11.1 Å². The molecule has 0 saturated carbocycles. The minimum absolute atomic E-state index is 0.232. The van der Waals surface area contributed by atoms with Crippen LogP contribution in [0.4, 0.5) is 0 Å². The van der Waals surface area contributed by atoms with Crippen LogP contribution in [-0.2, 0) is 4.79 Å². The molecular weight excluding hydrogens is 402 g/mol. The Labute approximate surface area is 179 Å². The zero-order valence-corrected chi connectivity index (χ0v) is 16.9. The topological polar surface area (TPSA) is 68.5 Å². The number of hydrogen-bond acceptors (Lipinski definition) is 5. The van der Waals surface area contributed by atoms with Crippen molar-refractivity contribution in [3.8, 4) is 23.3 Å². The van der Waals surface area contributed by atoms with E-state index < -0.39 is 5.97 Å². The van der Waals surface area contributed by atoms with Crippen molar-refractivity contribution >= 4 is 29.2 Å². The van der Waals surface area contributed by atoms with Crippen LogP contribution in [0.3, 0.4) is 0 Å². The summed E-state index contributed by atoms with van der Waals surface area (Å²) in [4.78, 5) is 12.1. The van der Waals surface area contributed by atoms with Crippen LogP contribution < -0.4 is 14.2 Å². The molecule has 6 heteroatoms. The first kappa shape index (κ1) is 21.0. The van der Waals surface area contributed by atoms with E-state index in [1.807, 2.05) is 18.2 Å². The molecule has 0 spiro atoms. The van der Waals surface area contributed by atoms with E-state index in [1.165, 1.54) is 7.11 Å². The van der Waals surface area contributed by atoms with Gasteiger partial charge in [-0.15, -0.1) is 0 Å². The van der Waals surface area contributed by atoms with E-state index in [9.17, 15) is 10.1 Å². The Morgan fingerprint density at radius 1 is 1.03 bits per heavy atom. The Kier molecular flexibility index (Phi) is 7.09. The average Bonchev–Trinajstić information content (AvgIpc) is 2.78. The first-order valence-corrected chi connectivity index (χ1v) is 9.41. The van der Waals surface area contributed by atoms with Gasteiger partial charge < -0.3 is 14.2 Å². The third kappa shape index (κ3) is 5.63. The third-order valence-corrected chi connectivity index (χ3v) is 4.35. The molecule has 3 aromatic carbocycles. The highest BCUT2D eigenvalue weighted by atomic mass is 35.5. The molecule has 0 heterocycles. The molecule has 0 radical (unpaired) electrons. The van der Waals surface area contributed by atoms with E-state index in [1.54, 1.807) is 60.7 Å². The number of allylic oxidation sites excluding steroid dienone is 1. The Bertz CT molecular complexity index is 1090. The number of halogens is 1. The second kappa shape index (κ2) is 10.1. The summed E-state index contributed by atoms with van der Waals surface area (Å²) in [6.45, 7) is -0.232. The zero-order chi connectivity index (χ0) is 21.3. The van der Waals surface area contributed by atoms with Gasteiger partial charge in [0.05, 0.1) is 18.8 Å². The number of carbonyl (C=O) groups is 1. The molecule has 3 aromatic rings. The summed E-state index contributed by atoms with van der Waals surface area (Å²) in [5.74, 6) is 0.652. The standard InChI is InChI=1S/C24H18ClNO4/c1-28-23-14-17(13-19(15-26)18-8-10-20(25)11-9-18)7-12-22(23)30-24(27)16-29-21-5-3-2-4-6-21/h2-14H,16H2,1H3. The summed E-state index contributed by atoms with van der Waals surface area (Å²) >= 11 is 5.91. The Morgan fingerprint density at radius 3 is 2.43 bits per heavy atom. The van der Waals surface area contributed by atoms with Gasteiger partial charge in [0.15, 0.2) is 18.1 Å². The summed E-state index contributed by atoms with van der Waals surface area (Å²) in [5, 5.41) is 10.1. The Morgan fingerprint density at radius 2 is 1.77 bits per heavy atom. The first-order valence-electron chi connectivity index (χ1n) is 9.03. The molecule has 0 fully saturated rings. The second-order valence-corrected chi connectivity index (χ2v) is 6.60. The van der Waals surface area contributed by atoms with E-state index >= 15 is 0 Å². The van der Waals surface area contributed by atoms with Gasteiger partial charge in [-0.2, -0.15) is 5.26 Å². The average molecular weight is 420 g/mol. The number of nitrogens with zero attached hydrogens (tertiary/aromatic N) is 1. The van der Waals surface area contributed by atoms with Crippen LogP contribution in [-0.4, -0.2) is 19.7 Å². The largest absolute Gasteiger partial charge is 0.493 e. The van der Waals surface area contributed by atoms with Crippen LogP contribution in [0, 0.1) is 11.3 Å². The number of rotatable bonds is 7. The summed E-state index contributed by atoms with van der Waals surface area (Å²) in [6.07, 6.45) is 1.72. The number of para-hydroxylation sites is 1. The molecule has 0 bridgehead atoms. The zero-order valence-electron chi connectivity index (χ0n) is 16.2. The molecule has 0 aliphatic heterocycles. The van der Waals surface area contributed by atoms with Crippen molar-refractivity contribution in [1.29, 1.82) is 5.26 Å². The maximum absolute atomic E-state index is 12.1. The highest BCUT2D eigenvalue weighted by molar-refractivity contribution is 6.30. The van der Waals surface area contributed by atoms with Gasteiger partial charge in [0.25, 0.3) is 0 Å². The van der Waals surface area contributed by atoms with Gasteiger partial charge in [0.2, 0.25) is 0 Å². The van der Waals surface area contributed by atoms with Crippen molar-refractivity contribution < 1.29 is 19.0 Å². The van der Waals surface area contributed by atoms with Crippen molar-refractivity contribution in [3.05, 3.63) is 88.9 Å². The van der Waals surface area contributed by atoms with Crippen LogP contribution in [0.5, 0.6) is 17.2 Å². The minimum atomic E-state index is -0.556. The molecule has 0 atom stereocenters. The van der Waals surface area contributed by atoms with Crippen LogP contribution in [0.15, 0.2) is 72.8 Å². The van der Waals surface area contributed by atoms with E-state index in [2.05, 4.69) is 6.07 Å². The number of methoxy groups -OCH3 is 1. The highest BCUT2D eigenvalue weighted by Gasteiger charge is 2.12. The van der Waals surface area contributed by atoms with Gasteiger partial charge in [-0.1, -0.05) is 48.0 Å². The van der Waals surface area contributed by atoms with Gasteiger partial charge in [-0.05, 0) is 53.6 Å². The van der Waals surface area contributed by atoms with Crippen molar-refractivity contribution in [2.75, 3.05) is 13.7 Å². The van der Waals surface area contributed by atoms with Gasteiger partial charge in [0.1, 0.15) is 5.75 Å². The lowest BCUT2D eigenvalue weighted by Crippen LogP contribution is -2.18. The molecule has 30 heavy (non-hydrogen) atoms. The van der Waals surface area contributed by atoms with Crippen LogP contribution >= 0.6 is 11.6 Å². The minimum Gasteiger partial charge on any atom is -0.493 e. The second-order valence-electron chi connectivity index (χ2n) is 6.16. The van der Waals surface area contributed by atoms with Crippen LogP contribution in [0.25, 0.3) is 11.6 Å². The van der Waals surface area contributed by atoms with E-state index in [4.69, 9.17) is 25.8 Å². The predicted octanol–water partition coefficient (Wildman–Crippen LogP) is 5.40. The molecule has 5 nitrogen and oxygen atoms in total. The number of carbonyl (C=O) groups excluding carboxylic acids is 1. The number of benzene rings is 3. The Hall–Kier alpha value is -3.75. The SMILES string of the molecule is COc1cc(C=C(C#N)c2ccc(Cl)cc2)ccc1OC(=O)COc1ccccc1. The van der Waals surface area contributed by atoms with E-state index in [-0.39, 0.29) is 12.4 Å².